The van der Waals surface area contributed by atoms with Crippen LogP contribution in [0.5, 0.6) is 0 Å². The van der Waals surface area contributed by atoms with Gasteiger partial charge in [0.1, 0.15) is 5.70 Å². The molecule has 0 radical (unpaired) electrons. The van der Waals surface area contributed by atoms with Crippen molar-refractivity contribution in [3.63, 3.8) is 0 Å². The van der Waals surface area contributed by atoms with Crippen LogP contribution in [0.3, 0.4) is 0 Å². The van der Waals surface area contributed by atoms with E-state index in [-0.39, 0.29) is 16.9 Å². The lowest BCUT2D eigenvalue weighted by atomic mass is 10.1. The molecule has 0 aliphatic carbocycles. The molecular formula is C31H25Br2N3O3S. The van der Waals surface area contributed by atoms with Crippen LogP contribution in [-0.4, -0.2) is 23.0 Å². The van der Waals surface area contributed by atoms with Crippen molar-refractivity contribution in [1.82, 2.24) is 5.32 Å². The van der Waals surface area contributed by atoms with Gasteiger partial charge in [-0.2, -0.15) is 0 Å². The molecule has 9 heteroatoms. The van der Waals surface area contributed by atoms with Gasteiger partial charge >= 0.3 is 0 Å². The molecule has 0 aliphatic rings. The number of anilines is 2. The number of hydrogen-bond donors (Lipinski definition) is 3. The van der Waals surface area contributed by atoms with Gasteiger partial charge < -0.3 is 16.0 Å². The van der Waals surface area contributed by atoms with Crippen LogP contribution in [0.25, 0.3) is 6.08 Å². The first-order valence-corrected chi connectivity index (χ1v) is 14.7. The molecule has 0 bridgehead atoms. The summed E-state index contributed by atoms with van der Waals surface area (Å²) in [6.07, 6.45) is 1.62. The second-order valence-corrected chi connectivity index (χ2v) is 11.9. The van der Waals surface area contributed by atoms with E-state index in [0.29, 0.717) is 16.9 Å². The third-order valence-electron chi connectivity index (χ3n) is 5.60. The molecule has 0 heterocycles. The fourth-order valence-electron chi connectivity index (χ4n) is 3.55. The van der Waals surface area contributed by atoms with Crippen molar-refractivity contribution in [3.8, 4) is 0 Å². The molecular weight excluding hydrogens is 654 g/mol. The first-order chi connectivity index (χ1) is 19.3. The van der Waals surface area contributed by atoms with E-state index in [0.717, 1.165) is 19.4 Å². The van der Waals surface area contributed by atoms with Gasteiger partial charge in [-0.05, 0) is 85.3 Å². The van der Waals surface area contributed by atoms with Crippen LogP contribution in [0.2, 0.25) is 0 Å². The molecule has 202 valence electrons. The summed E-state index contributed by atoms with van der Waals surface area (Å²) < 4.78 is 1.83. The molecule has 4 aromatic rings. The highest BCUT2D eigenvalue weighted by Crippen LogP contribution is 2.27. The SMILES string of the molecule is CC(Sc1cccc(NC(=O)/C(=C/c2ccc(Br)cc2)NC(=O)c2ccccc2)c1)C(=O)Nc1ccc(Br)cc1. The standard InChI is InChI=1S/C31H25Br2N3O3S/c1-20(29(37)34-25-16-14-24(33)15-17-25)40-27-9-5-8-26(19-27)35-31(39)28(18-21-10-12-23(32)13-11-21)36-30(38)22-6-3-2-4-7-22/h2-20H,1H3,(H,34,37)(H,35,39)(H,36,38)/b28-18-. The van der Waals surface area contributed by atoms with Gasteiger partial charge in [0.05, 0.1) is 5.25 Å². The van der Waals surface area contributed by atoms with Gasteiger partial charge in [-0.1, -0.05) is 68.3 Å². The highest BCUT2D eigenvalue weighted by atomic mass is 79.9. The lowest BCUT2D eigenvalue weighted by Crippen LogP contribution is -2.30. The van der Waals surface area contributed by atoms with Gasteiger partial charge in [-0.15, -0.1) is 11.8 Å². The lowest BCUT2D eigenvalue weighted by Gasteiger charge is -2.14. The number of amides is 3. The maximum atomic E-state index is 13.3. The van der Waals surface area contributed by atoms with Crippen molar-refractivity contribution in [2.45, 2.75) is 17.1 Å². The van der Waals surface area contributed by atoms with Crippen molar-refractivity contribution in [3.05, 3.63) is 129 Å². The summed E-state index contributed by atoms with van der Waals surface area (Å²) in [4.78, 5) is 39.7. The van der Waals surface area contributed by atoms with Crippen LogP contribution in [0.4, 0.5) is 11.4 Å². The lowest BCUT2D eigenvalue weighted by molar-refractivity contribution is -0.115. The average molecular weight is 679 g/mol. The van der Waals surface area contributed by atoms with Gasteiger partial charge in [0, 0.05) is 30.8 Å². The Morgan fingerprint density at radius 2 is 1.40 bits per heavy atom. The molecule has 0 saturated carbocycles. The van der Waals surface area contributed by atoms with Crippen LogP contribution in [0, 0.1) is 0 Å². The Kier molecular flexibility index (Phi) is 10.3. The van der Waals surface area contributed by atoms with Crippen molar-refractivity contribution < 1.29 is 14.4 Å². The third-order valence-corrected chi connectivity index (χ3v) is 7.75. The van der Waals surface area contributed by atoms with Crippen LogP contribution in [0.1, 0.15) is 22.8 Å². The van der Waals surface area contributed by atoms with E-state index in [4.69, 9.17) is 0 Å². The molecule has 0 aliphatic heterocycles. The van der Waals surface area contributed by atoms with Crippen LogP contribution >= 0.6 is 43.6 Å². The normalized spacial score (nSPS) is 11.8. The maximum absolute atomic E-state index is 13.3. The van der Waals surface area contributed by atoms with Crippen molar-refractivity contribution >= 4 is 78.8 Å². The van der Waals surface area contributed by atoms with Crippen molar-refractivity contribution in [2.75, 3.05) is 10.6 Å². The number of hydrogen-bond acceptors (Lipinski definition) is 4. The fourth-order valence-corrected chi connectivity index (χ4v) is 5.00. The highest BCUT2D eigenvalue weighted by molar-refractivity contribution is 9.10. The number of nitrogens with one attached hydrogen (secondary N) is 3. The topological polar surface area (TPSA) is 87.3 Å². The summed E-state index contributed by atoms with van der Waals surface area (Å²) in [7, 11) is 0. The quantitative estimate of drug-likeness (QED) is 0.125. The Morgan fingerprint density at radius 3 is 2.08 bits per heavy atom. The minimum Gasteiger partial charge on any atom is -0.325 e. The molecule has 0 aromatic heterocycles. The van der Waals surface area contributed by atoms with Crippen molar-refractivity contribution in [1.29, 1.82) is 0 Å². The molecule has 1 atom stereocenters. The summed E-state index contributed by atoms with van der Waals surface area (Å²) in [6.45, 7) is 1.82. The number of rotatable bonds is 9. The van der Waals surface area contributed by atoms with Gasteiger partial charge in [0.2, 0.25) is 5.91 Å². The molecule has 0 saturated heterocycles. The smallest absolute Gasteiger partial charge is 0.272 e. The molecule has 4 rings (SSSR count). The molecule has 3 amide bonds. The molecule has 0 spiro atoms. The zero-order valence-electron chi connectivity index (χ0n) is 21.4. The molecule has 0 fully saturated rings. The number of thioether (sulfide) groups is 1. The Hall–Kier alpha value is -3.66. The van der Waals surface area contributed by atoms with Crippen molar-refractivity contribution in [2.24, 2.45) is 0 Å². The fraction of sp³-hybridized carbons (Fsp3) is 0.0645. The van der Waals surface area contributed by atoms with Gasteiger partial charge in [0.15, 0.2) is 0 Å². The molecule has 1 unspecified atom stereocenters. The van der Waals surface area contributed by atoms with Gasteiger partial charge in [-0.25, -0.2) is 0 Å². The summed E-state index contributed by atoms with van der Waals surface area (Å²) >= 11 is 8.17. The predicted octanol–water partition coefficient (Wildman–Crippen LogP) is 7.74. The van der Waals surface area contributed by atoms with E-state index >= 15 is 0 Å². The Balaban J connectivity index is 1.47. The summed E-state index contributed by atoms with van der Waals surface area (Å²) in [6, 6.07) is 30.7. The van der Waals surface area contributed by atoms with E-state index in [1.54, 1.807) is 48.5 Å². The zero-order valence-corrected chi connectivity index (χ0v) is 25.3. The Labute approximate surface area is 253 Å². The van der Waals surface area contributed by atoms with E-state index in [1.807, 2.05) is 67.6 Å². The van der Waals surface area contributed by atoms with Crippen LogP contribution in [-0.2, 0) is 9.59 Å². The summed E-state index contributed by atoms with van der Waals surface area (Å²) in [5.74, 6) is -1.01. The van der Waals surface area contributed by atoms with Gasteiger partial charge in [-0.3, -0.25) is 14.4 Å². The Bertz CT molecular complexity index is 1530. The Morgan fingerprint density at radius 1 is 0.750 bits per heavy atom. The van der Waals surface area contributed by atoms with Crippen LogP contribution < -0.4 is 16.0 Å². The summed E-state index contributed by atoms with van der Waals surface area (Å²) in [5, 5.41) is 8.14. The van der Waals surface area contributed by atoms with E-state index in [2.05, 4.69) is 47.8 Å². The number of carbonyl (C=O) groups is 3. The number of benzene rings is 4. The molecule has 3 N–H and O–H groups in total. The van der Waals surface area contributed by atoms with E-state index in [9.17, 15) is 14.4 Å². The first-order valence-electron chi connectivity index (χ1n) is 12.2. The predicted molar refractivity (Wildman–Crippen MR) is 169 cm³/mol. The molecule has 40 heavy (non-hydrogen) atoms. The number of carbonyl (C=O) groups excluding carboxylic acids is 3. The minimum atomic E-state index is -0.477. The summed E-state index contributed by atoms with van der Waals surface area (Å²) in [5.41, 5.74) is 2.52. The zero-order chi connectivity index (χ0) is 28.5. The van der Waals surface area contributed by atoms with Crippen LogP contribution in [0.15, 0.2) is 123 Å². The number of halogens is 2. The first kappa shape index (κ1) is 29.3. The van der Waals surface area contributed by atoms with Gasteiger partial charge in [0.25, 0.3) is 11.8 Å². The third kappa shape index (κ3) is 8.67. The molecule has 4 aromatic carbocycles. The van der Waals surface area contributed by atoms with E-state index < -0.39 is 11.8 Å². The monoisotopic (exact) mass is 677 g/mol. The second-order valence-electron chi connectivity index (χ2n) is 8.67. The highest BCUT2D eigenvalue weighted by Gasteiger charge is 2.17. The average Bonchev–Trinajstić information content (AvgIpc) is 2.95. The second kappa shape index (κ2) is 14.1. The maximum Gasteiger partial charge on any atom is 0.272 e. The largest absolute Gasteiger partial charge is 0.325 e. The molecule has 6 nitrogen and oxygen atoms in total. The minimum absolute atomic E-state index is 0.0940. The van der Waals surface area contributed by atoms with E-state index in [1.165, 1.54) is 11.8 Å².